The van der Waals surface area contributed by atoms with Crippen molar-refractivity contribution in [2.75, 3.05) is 0 Å². The minimum atomic E-state index is 0.914. The first-order valence-corrected chi connectivity index (χ1v) is 16.2. The van der Waals surface area contributed by atoms with Gasteiger partial charge in [-0.2, -0.15) is 0 Å². The van der Waals surface area contributed by atoms with Gasteiger partial charge < -0.3 is 4.42 Å². The number of fused-ring (bicyclic) bond motifs is 8. The van der Waals surface area contributed by atoms with Crippen molar-refractivity contribution in [1.82, 2.24) is 0 Å². The maximum Gasteiger partial charge on any atom is 0.143 e. The molecule has 1 nitrogen and oxygen atoms in total. The first kappa shape index (κ1) is 26.1. The van der Waals surface area contributed by atoms with Crippen LogP contribution in [0.1, 0.15) is 0 Å². The van der Waals surface area contributed by atoms with Gasteiger partial charge in [0.2, 0.25) is 0 Å². The number of rotatable bonds is 3. The molecule has 10 rings (SSSR count). The summed E-state index contributed by atoms with van der Waals surface area (Å²) in [4.78, 5) is 0. The predicted octanol–water partition coefficient (Wildman–Crippen LogP) is 13.2. The van der Waals surface area contributed by atoms with E-state index in [0.29, 0.717) is 0 Å². The molecule has 0 aliphatic rings. The van der Waals surface area contributed by atoms with Crippen LogP contribution in [0.4, 0.5) is 0 Å². The third-order valence-electron chi connectivity index (χ3n) is 9.86. The van der Waals surface area contributed by atoms with Crippen LogP contribution in [0, 0.1) is 0 Å². The molecule has 0 radical (unpaired) electrons. The van der Waals surface area contributed by atoms with E-state index in [-0.39, 0.29) is 0 Å². The SMILES string of the molecule is c1ccc(-c2c3ccccc3c(-c3cccc4c(-c5ccc6oc7c8ccccc8ccc7c6c5)cccc34)c3ccccc23)cc1. The molecule has 0 saturated heterocycles. The Morgan fingerprint density at radius 2 is 0.872 bits per heavy atom. The lowest BCUT2D eigenvalue weighted by atomic mass is 9.84. The van der Waals surface area contributed by atoms with Crippen LogP contribution in [-0.2, 0) is 0 Å². The fraction of sp³-hybridized carbons (Fsp3) is 0. The summed E-state index contributed by atoms with van der Waals surface area (Å²) < 4.78 is 6.44. The van der Waals surface area contributed by atoms with Crippen LogP contribution in [0.15, 0.2) is 174 Å². The summed E-state index contributed by atoms with van der Waals surface area (Å²) in [7, 11) is 0. The minimum absolute atomic E-state index is 0.914. The highest BCUT2D eigenvalue weighted by molar-refractivity contribution is 6.24. The van der Waals surface area contributed by atoms with Crippen molar-refractivity contribution in [3.05, 3.63) is 170 Å². The topological polar surface area (TPSA) is 13.1 Å². The molecular formula is C46H28O. The Morgan fingerprint density at radius 1 is 0.298 bits per heavy atom. The molecule has 1 aromatic heterocycles. The third kappa shape index (κ3) is 3.90. The van der Waals surface area contributed by atoms with E-state index in [4.69, 9.17) is 4.42 Å². The van der Waals surface area contributed by atoms with Crippen LogP contribution in [0.2, 0.25) is 0 Å². The lowest BCUT2D eigenvalue weighted by molar-refractivity contribution is 0.672. The first-order valence-electron chi connectivity index (χ1n) is 16.2. The zero-order valence-corrected chi connectivity index (χ0v) is 25.6. The Balaban J connectivity index is 1.23. The zero-order valence-electron chi connectivity index (χ0n) is 25.6. The fourth-order valence-corrected chi connectivity index (χ4v) is 7.79. The molecule has 0 unspecified atom stereocenters. The summed E-state index contributed by atoms with van der Waals surface area (Å²) in [6, 6.07) is 61.5. The van der Waals surface area contributed by atoms with E-state index in [9.17, 15) is 0 Å². The Bertz CT molecular complexity index is 2780. The molecule has 1 heteroatoms. The number of hydrogen-bond donors (Lipinski definition) is 0. The molecule has 0 amide bonds. The Labute approximate surface area is 271 Å². The van der Waals surface area contributed by atoms with E-state index in [1.807, 2.05) is 0 Å². The largest absolute Gasteiger partial charge is 0.455 e. The second-order valence-electron chi connectivity index (χ2n) is 12.4. The molecule has 1 heterocycles. The van der Waals surface area contributed by atoms with Gasteiger partial charge in [0, 0.05) is 16.2 Å². The van der Waals surface area contributed by atoms with E-state index in [2.05, 4.69) is 170 Å². The molecule has 10 aromatic rings. The Hall–Kier alpha value is -6.18. The van der Waals surface area contributed by atoms with Gasteiger partial charge in [-0.1, -0.05) is 152 Å². The van der Waals surface area contributed by atoms with Gasteiger partial charge in [-0.25, -0.2) is 0 Å². The highest BCUT2D eigenvalue weighted by atomic mass is 16.3. The van der Waals surface area contributed by atoms with Crippen LogP contribution in [0.5, 0.6) is 0 Å². The van der Waals surface area contributed by atoms with Crippen molar-refractivity contribution in [3.63, 3.8) is 0 Å². The highest BCUT2D eigenvalue weighted by Crippen LogP contribution is 2.46. The van der Waals surface area contributed by atoms with E-state index >= 15 is 0 Å². The van der Waals surface area contributed by atoms with Gasteiger partial charge in [0.25, 0.3) is 0 Å². The molecule has 0 saturated carbocycles. The average molecular weight is 597 g/mol. The lowest BCUT2D eigenvalue weighted by Gasteiger charge is -2.19. The summed E-state index contributed by atoms with van der Waals surface area (Å²) in [5.74, 6) is 0. The highest BCUT2D eigenvalue weighted by Gasteiger charge is 2.19. The van der Waals surface area contributed by atoms with Crippen molar-refractivity contribution in [2.45, 2.75) is 0 Å². The lowest BCUT2D eigenvalue weighted by Crippen LogP contribution is -1.92. The van der Waals surface area contributed by atoms with Gasteiger partial charge in [0.15, 0.2) is 0 Å². The summed E-state index contributed by atoms with van der Waals surface area (Å²) in [5, 5.41) is 12.2. The summed E-state index contributed by atoms with van der Waals surface area (Å²) in [6.07, 6.45) is 0. The molecular weight excluding hydrogens is 569 g/mol. The third-order valence-corrected chi connectivity index (χ3v) is 9.86. The molecule has 0 aliphatic carbocycles. The summed E-state index contributed by atoms with van der Waals surface area (Å²) >= 11 is 0. The van der Waals surface area contributed by atoms with Crippen molar-refractivity contribution in [2.24, 2.45) is 0 Å². The van der Waals surface area contributed by atoms with Gasteiger partial charge in [-0.15, -0.1) is 0 Å². The minimum Gasteiger partial charge on any atom is -0.455 e. The van der Waals surface area contributed by atoms with E-state index in [1.165, 1.54) is 71.1 Å². The van der Waals surface area contributed by atoms with Crippen LogP contribution < -0.4 is 0 Å². The van der Waals surface area contributed by atoms with E-state index in [1.54, 1.807) is 0 Å². The van der Waals surface area contributed by atoms with Crippen molar-refractivity contribution in [3.8, 4) is 33.4 Å². The van der Waals surface area contributed by atoms with Crippen molar-refractivity contribution < 1.29 is 4.42 Å². The second-order valence-corrected chi connectivity index (χ2v) is 12.4. The quantitative estimate of drug-likeness (QED) is 0.185. The Kier molecular flexibility index (Phi) is 5.64. The fourth-order valence-electron chi connectivity index (χ4n) is 7.79. The smallest absolute Gasteiger partial charge is 0.143 e. The van der Waals surface area contributed by atoms with Crippen LogP contribution in [-0.4, -0.2) is 0 Å². The molecule has 0 aliphatic heterocycles. The van der Waals surface area contributed by atoms with E-state index in [0.717, 1.165) is 27.3 Å². The van der Waals surface area contributed by atoms with Gasteiger partial charge in [0.1, 0.15) is 11.2 Å². The molecule has 0 spiro atoms. The van der Waals surface area contributed by atoms with Gasteiger partial charge >= 0.3 is 0 Å². The maximum atomic E-state index is 6.44. The molecule has 0 fully saturated rings. The number of hydrogen-bond acceptors (Lipinski definition) is 1. The normalized spacial score (nSPS) is 11.8. The molecule has 9 aromatic carbocycles. The zero-order chi connectivity index (χ0) is 30.9. The molecule has 0 atom stereocenters. The molecule has 218 valence electrons. The summed E-state index contributed by atoms with van der Waals surface area (Å²) in [6.45, 7) is 0. The molecule has 47 heavy (non-hydrogen) atoms. The number of benzene rings is 9. The first-order chi connectivity index (χ1) is 23.3. The van der Waals surface area contributed by atoms with Crippen molar-refractivity contribution in [1.29, 1.82) is 0 Å². The molecule has 0 bridgehead atoms. The standard InChI is InChI=1S/C46H28O/c1-2-13-30(14-3-1)44-37-16-6-8-18-39(37)45(40-19-9-7-17-38(40)44)36-23-11-21-34-32(20-10-22-35(34)36)31-25-27-43-42(28-31)41-26-24-29-12-4-5-15-33(29)46(41)47-43/h1-28H. The van der Waals surface area contributed by atoms with Crippen LogP contribution in [0.25, 0.3) is 98.4 Å². The molecule has 0 N–H and O–H groups in total. The average Bonchev–Trinajstić information content (AvgIpc) is 3.52. The maximum absolute atomic E-state index is 6.44. The predicted molar refractivity (Wildman–Crippen MR) is 200 cm³/mol. The van der Waals surface area contributed by atoms with Crippen LogP contribution >= 0.6 is 0 Å². The van der Waals surface area contributed by atoms with Gasteiger partial charge in [0.05, 0.1) is 0 Å². The van der Waals surface area contributed by atoms with E-state index < -0.39 is 0 Å². The van der Waals surface area contributed by atoms with Crippen LogP contribution in [0.3, 0.4) is 0 Å². The van der Waals surface area contributed by atoms with Gasteiger partial charge in [-0.3, -0.25) is 0 Å². The monoisotopic (exact) mass is 596 g/mol. The number of furan rings is 1. The second kappa shape index (κ2) is 10.2. The van der Waals surface area contributed by atoms with Gasteiger partial charge in [-0.05, 0) is 89.3 Å². The van der Waals surface area contributed by atoms with Crippen molar-refractivity contribution >= 4 is 65.0 Å². The Morgan fingerprint density at radius 3 is 1.60 bits per heavy atom. The summed E-state index contributed by atoms with van der Waals surface area (Å²) in [5.41, 5.74) is 9.32.